The molecule has 23 heavy (non-hydrogen) atoms. The van der Waals surface area contributed by atoms with Crippen LogP contribution in [0.2, 0.25) is 0 Å². The molecule has 1 fully saturated rings. The van der Waals surface area contributed by atoms with Crippen molar-refractivity contribution in [3.05, 3.63) is 0 Å². The van der Waals surface area contributed by atoms with Crippen molar-refractivity contribution in [2.24, 2.45) is 29.6 Å². The maximum absolute atomic E-state index is 11.2. The predicted molar refractivity (Wildman–Crippen MR) is 96.2 cm³/mol. The minimum absolute atomic E-state index is 0.189. The highest BCUT2D eigenvalue weighted by molar-refractivity contribution is 4.94. The lowest BCUT2D eigenvalue weighted by Gasteiger charge is -2.45. The van der Waals surface area contributed by atoms with Crippen molar-refractivity contribution in [3.63, 3.8) is 0 Å². The molecule has 0 aromatic rings. The van der Waals surface area contributed by atoms with Crippen molar-refractivity contribution in [1.29, 1.82) is 0 Å². The Morgan fingerprint density at radius 3 is 2.26 bits per heavy atom. The first-order valence-electron chi connectivity index (χ1n) is 9.70. The molecule has 0 saturated heterocycles. The lowest BCUT2D eigenvalue weighted by Crippen LogP contribution is -2.46. The molecule has 1 aliphatic rings. The molecular weight excluding hydrogens is 288 g/mol. The zero-order valence-corrected chi connectivity index (χ0v) is 16.0. The van der Waals surface area contributed by atoms with E-state index in [1.165, 1.54) is 6.42 Å². The number of rotatable bonds is 9. The van der Waals surface area contributed by atoms with Crippen LogP contribution in [0.25, 0.3) is 0 Å². The fourth-order valence-corrected chi connectivity index (χ4v) is 4.33. The van der Waals surface area contributed by atoms with E-state index in [2.05, 4.69) is 27.7 Å². The molecule has 0 heterocycles. The molecule has 0 aromatic carbocycles. The average molecular weight is 329 g/mol. The van der Waals surface area contributed by atoms with Crippen LogP contribution >= 0.6 is 0 Å². The third-order valence-electron chi connectivity index (χ3n) is 6.12. The number of hydrogen-bond donors (Lipinski definition) is 3. The zero-order chi connectivity index (χ0) is 17.6. The summed E-state index contributed by atoms with van der Waals surface area (Å²) in [5.74, 6) is 1.96. The Labute approximate surface area is 143 Å². The molecule has 6 atom stereocenters. The number of hydrogen-bond acceptors (Lipinski definition) is 3. The molecule has 0 amide bonds. The van der Waals surface area contributed by atoms with E-state index in [4.69, 9.17) is 5.11 Å². The number of aliphatic hydroxyl groups excluding tert-OH is 2. The Kier molecular flexibility index (Phi) is 8.54. The Hall–Kier alpha value is -0.120. The van der Waals surface area contributed by atoms with Crippen LogP contribution in [-0.2, 0) is 0 Å². The van der Waals surface area contributed by atoms with Crippen LogP contribution < -0.4 is 0 Å². The summed E-state index contributed by atoms with van der Waals surface area (Å²) in [7, 11) is 0. The van der Waals surface area contributed by atoms with Crippen molar-refractivity contribution >= 4 is 0 Å². The lowest BCUT2D eigenvalue weighted by molar-refractivity contribution is -0.0912. The van der Waals surface area contributed by atoms with Crippen LogP contribution in [-0.4, -0.2) is 33.6 Å². The highest BCUT2D eigenvalue weighted by atomic mass is 16.3. The Morgan fingerprint density at radius 1 is 1.04 bits per heavy atom. The second kappa shape index (κ2) is 9.39. The van der Waals surface area contributed by atoms with Crippen molar-refractivity contribution in [3.8, 4) is 0 Å². The monoisotopic (exact) mass is 328 g/mol. The maximum Gasteiger partial charge on any atom is 0.0680 e. The Morgan fingerprint density at radius 2 is 1.70 bits per heavy atom. The first kappa shape index (κ1) is 20.9. The predicted octanol–water partition coefficient (Wildman–Crippen LogP) is 4.00. The SMILES string of the molecule is CC(CO)CCC(O)C(C)CC[C@]1(O)C[C@@H](C)CC[C@H]1C(C)C. The van der Waals surface area contributed by atoms with E-state index in [0.717, 1.165) is 38.5 Å². The van der Waals surface area contributed by atoms with Crippen LogP contribution in [0.4, 0.5) is 0 Å². The standard InChI is InChI=1S/C20H40O3/c1-14(2)18-8-6-15(3)12-20(18,23)11-10-17(5)19(22)9-7-16(4)13-21/h14-19,21-23H,6-13H2,1-5H3/t15-,16?,17?,18-,19?,20-/m0/s1. The van der Waals surface area contributed by atoms with Gasteiger partial charge in [0.1, 0.15) is 0 Å². The minimum Gasteiger partial charge on any atom is -0.396 e. The van der Waals surface area contributed by atoms with Gasteiger partial charge in [0.15, 0.2) is 0 Å². The van der Waals surface area contributed by atoms with Crippen LogP contribution in [0.3, 0.4) is 0 Å². The van der Waals surface area contributed by atoms with Gasteiger partial charge >= 0.3 is 0 Å². The van der Waals surface area contributed by atoms with Crippen molar-refractivity contribution in [2.45, 2.75) is 91.3 Å². The van der Waals surface area contributed by atoms with E-state index in [9.17, 15) is 10.2 Å². The van der Waals surface area contributed by atoms with Gasteiger partial charge in [-0.15, -0.1) is 0 Å². The molecule has 0 aliphatic heterocycles. The quantitative estimate of drug-likeness (QED) is 0.599. The van der Waals surface area contributed by atoms with Gasteiger partial charge in [0, 0.05) is 6.61 Å². The Balaban J connectivity index is 2.52. The summed E-state index contributed by atoms with van der Waals surface area (Å²) >= 11 is 0. The highest BCUT2D eigenvalue weighted by Gasteiger charge is 2.42. The normalized spacial score (nSPS) is 32.7. The first-order chi connectivity index (χ1) is 10.7. The van der Waals surface area contributed by atoms with Gasteiger partial charge in [-0.1, -0.05) is 41.0 Å². The summed E-state index contributed by atoms with van der Waals surface area (Å²) in [4.78, 5) is 0. The summed E-state index contributed by atoms with van der Waals surface area (Å²) in [6.45, 7) is 11.0. The van der Waals surface area contributed by atoms with Gasteiger partial charge in [0.05, 0.1) is 11.7 Å². The molecule has 138 valence electrons. The summed E-state index contributed by atoms with van der Waals surface area (Å²) in [6, 6.07) is 0. The van der Waals surface area contributed by atoms with Gasteiger partial charge in [0.2, 0.25) is 0 Å². The first-order valence-corrected chi connectivity index (χ1v) is 9.70. The molecule has 1 aliphatic carbocycles. The van der Waals surface area contributed by atoms with Gasteiger partial charge in [-0.25, -0.2) is 0 Å². The van der Waals surface area contributed by atoms with Crippen LogP contribution in [0.1, 0.15) is 79.6 Å². The van der Waals surface area contributed by atoms with Gasteiger partial charge in [-0.3, -0.25) is 0 Å². The van der Waals surface area contributed by atoms with E-state index in [1.807, 2.05) is 6.92 Å². The maximum atomic E-state index is 11.2. The molecule has 1 rings (SSSR count). The van der Waals surface area contributed by atoms with Gasteiger partial charge in [0.25, 0.3) is 0 Å². The zero-order valence-electron chi connectivity index (χ0n) is 16.0. The summed E-state index contributed by atoms with van der Waals surface area (Å²) in [5, 5.41) is 30.7. The largest absolute Gasteiger partial charge is 0.396 e. The lowest BCUT2D eigenvalue weighted by atomic mass is 9.65. The molecule has 1 saturated carbocycles. The van der Waals surface area contributed by atoms with Crippen molar-refractivity contribution < 1.29 is 15.3 Å². The van der Waals surface area contributed by atoms with Crippen LogP contribution in [0.5, 0.6) is 0 Å². The minimum atomic E-state index is -0.557. The van der Waals surface area contributed by atoms with E-state index >= 15 is 0 Å². The van der Waals surface area contributed by atoms with E-state index in [0.29, 0.717) is 17.8 Å². The smallest absolute Gasteiger partial charge is 0.0680 e. The molecule has 3 N–H and O–H groups in total. The summed E-state index contributed by atoms with van der Waals surface area (Å²) in [6.07, 6.45) is 6.20. The second-order valence-electron chi connectivity index (χ2n) is 8.79. The highest BCUT2D eigenvalue weighted by Crippen LogP contribution is 2.44. The fourth-order valence-electron chi connectivity index (χ4n) is 4.33. The fraction of sp³-hybridized carbons (Fsp3) is 1.00. The molecule has 3 nitrogen and oxygen atoms in total. The molecule has 0 bridgehead atoms. The molecule has 0 spiro atoms. The molecule has 0 aromatic heterocycles. The summed E-state index contributed by atoms with van der Waals surface area (Å²) in [5.41, 5.74) is -0.557. The third kappa shape index (κ3) is 6.36. The van der Waals surface area contributed by atoms with Crippen molar-refractivity contribution in [2.75, 3.05) is 6.61 Å². The van der Waals surface area contributed by atoms with Crippen LogP contribution in [0.15, 0.2) is 0 Å². The van der Waals surface area contributed by atoms with Gasteiger partial charge in [-0.05, 0) is 68.1 Å². The van der Waals surface area contributed by atoms with E-state index < -0.39 is 5.60 Å². The van der Waals surface area contributed by atoms with Crippen LogP contribution in [0, 0.1) is 29.6 Å². The number of aliphatic hydroxyl groups is 3. The topological polar surface area (TPSA) is 60.7 Å². The van der Waals surface area contributed by atoms with E-state index in [-0.39, 0.29) is 24.5 Å². The summed E-state index contributed by atoms with van der Waals surface area (Å²) < 4.78 is 0. The van der Waals surface area contributed by atoms with Crippen molar-refractivity contribution in [1.82, 2.24) is 0 Å². The van der Waals surface area contributed by atoms with Gasteiger partial charge in [-0.2, -0.15) is 0 Å². The molecule has 0 radical (unpaired) electrons. The van der Waals surface area contributed by atoms with E-state index in [1.54, 1.807) is 0 Å². The van der Waals surface area contributed by atoms with Gasteiger partial charge < -0.3 is 15.3 Å². The molecular formula is C20H40O3. The second-order valence-corrected chi connectivity index (χ2v) is 8.79. The molecule has 3 heteroatoms. The third-order valence-corrected chi connectivity index (χ3v) is 6.12. The Bertz CT molecular complexity index is 331. The average Bonchev–Trinajstić information content (AvgIpc) is 2.49. The molecule has 3 unspecified atom stereocenters.